The summed E-state index contributed by atoms with van der Waals surface area (Å²) in [7, 11) is 0. The highest BCUT2D eigenvalue weighted by atomic mass is 32.1. The van der Waals surface area contributed by atoms with Gasteiger partial charge in [0.05, 0.1) is 11.3 Å². The van der Waals surface area contributed by atoms with Gasteiger partial charge in [0.1, 0.15) is 0 Å². The van der Waals surface area contributed by atoms with E-state index in [9.17, 15) is 18.0 Å². The average molecular weight is 420 g/mol. The maximum absolute atomic E-state index is 12.8. The van der Waals surface area contributed by atoms with Crippen molar-refractivity contribution in [3.8, 4) is 0 Å². The quantitative estimate of drug-likeness (QED) is 0.497. The molecule has 3 rings (SSSR count). The van der Waals surface area contributed by atoms with Gasteiger partial charge in [-0.2, -0.15) is 13.2 Å². The number of carbonyl (C=O) groups is 1. The SMILES string of the molecule is NC(CCc1ccccc1)c1csc(NC(=O)Nc2cccc(C(F)(F)F)c2)n1. The molecule has 152 valence electrons. The van der Waals surface area contributed by atoms with Gasteiger partial charge in [-0.05, 0) is 36.6 Å². The molecule has 4 N–H and O–H groups in total. The Bertz CT molecular complexity index is 960. The molecule has 1 aromatic heterocycles. The van der Waals surface area contributed by atoms with Crippen LogP contribution in [0.3, 0.4) is 0 Å². The second-order valence-electron chi connectivity index (χ2n) is 6.37. The first-order valence-electron chi connectivity index (χ1n) is 8.81. The van der Waals surface area contributed by atoms with Gasteiger partial charge < -0.3 is 11.1 Å². The van der Waals surface area contributed by atoms with Crippen molar-refractivity contribution in [3.63, 3.8) is 0 Å². The number of anilines is 2. The number of nitrogens with one attached hydrogen (secondary N) is 2. The van der Waals surface area contributed by atoms with Crippen LogP contribution in [0.4, 0.5) is 28.8 Å². The number of halogens is 3. The predicted octanol–water partition coefficient (Wildman–Crippen LogP) is 5.44. The Morgan fingerprint density at radius 1 is 1.10 bits per heavy atom. The number of hydrogen-bond donors (Lipinski definition) is 3. The van der Waals surface area contributed by atoms with E-state index >= 15 is 0 Å². The summed E-state index contributed by atoms with van der Waals surface area (Å²) in [5, 5.41) is 6.97. The molecule has 0 spiro atoms. The molecule has 5 nitrogen and oxygen atoms in total. The van der Waals surface area contributed by atoms with Gasteiger partial charge in [-0.3, -0.25) is 5.32 Å². The van der Waals surface area contributed by atoms with Crippen molar-refractivity contribution in [3.05, 3.63) is 76.8 Å². The van der Waals surface area contributed by atoms with Crippen molar-refractivity contribution in [2.75, 3.05) is 10.6 Å². The number of hydrogen-bond acceptors (Lipinski definition) is 4. The van der Waals surface area contributed by atoms with E-state index in [4.69, 9.17) is 5.73 Å². The van der Waals surface area contributed by atoms with Gasteiger partial charge in [-0.15, -0.1) is 11.3 Å². The minimum Gasteiger partial charge on any atom is -0.323 e. The Balaban J connectivity index is 1.55. The van der Waals surface area contributed by atoms with Crippen LogP contribution in [0.5, 0.6) is 0 Å². The van der Waals surface area contributed by atoms with Crippen molar-refractivity contribution in [1.29, 1.82) is 0 Å². The minimum absolute atomic E-state index is 0.0358. The third-order valence-electron chi connectivity index (χ3n) is 4.16. The lowest BCUT2D eigenvalue weighted by molar-refractivity contribution is -0.137. The lowest BCUT2D eigenvalue weighted by atomic mass is 10.0. The Morgan fingerprint density at radius 2 is 1.86 bits per heavy atom. The third kappa shape index (κ3) is 6.03. The number of alkyl halides is 3. The Kier molecular flexibility index (Phi) is 6.50. The number of rotatable bonds is 6. The number of thiazole rings is 1. The molecule has 1 unspecified atom stereocenters. The monoisotopic (exact) mass is 420 g/mol. The molecule has 0 aliphatic rings. The first kappa shape index (κ1) is 20.8. The summed E-state index contributed by atoms with van der Waals surface area (Å²) in [5.74, 6) is 0. The zero-order chi connectivity index (χ0) is 20.9. The van der Waals surface area contributed by atoms with Gasteiger partial charge >= 0.3 is 12.2 Å². The molecular formula is C20H19F3N4OS. The van der Waals surface area contributed by atoms with Gasteiger partial charge in [-0.1, -0.05) is 36.4 Å². The van der Waals surface area contributed by atoms with Crippen molar-refractivity contribution in [2.24, 2.45) is 5.73 Å². The van der Waals surface area contributed by atoms with Gasteiger partial charge in [0.25, 0.3) is 0 Å². The first-order chi connectivity index (χ1) is 13.8. The normalized spacial score (nSPS) is 12.4. The van der Waals surface area contributed by atoms with Crippen molar-refractivity contribution >= 4 is 28.2 Å². The first-order valence-corrected chi connectivity index (χ1v) is 9.69. The van der Waals surface area contributed by atoms with Crippen LogP contribution in [0.15, 0.2) is 60.0 Å². The molecule has 1 atom stereocenters. The van der Waals surface area contributed by atoms with Crippen LogP contribution >= 0.6 is 11.3 Å². The molecule has 9 heteroatoms. The van der Waals surface area contributed by atoms with E-state index in [1.54, 1.807) is 5.38 Å². The number of nitrogens with zero attached hydrogens (tertiary/aromatic N) is 1. The van der Waals surface area contributed by atoms with Crippen LogP contribution in [0.1, 0.15) is 29.3 Å². The molecule has 0 fully saturated rings. The lowest BCUT2D eigenvalue weighted by Crippen LogP contribution is -2.20. The third-order valence-corrected chi connectivity index (χ3v) is 4.93. The van der Waals surface area contributed by atoms with Gasteiger partial charge in [0.15, 0.2) is 5.13 Å². The minimum atomic E-state index is -4.48. The molecular weight excluding hydrogens is 401 g/mol. The Morgan fingerprint density at radius 3 is 2.59 bits per heavy atom. The van der Waals surface area contributed by atoms with Crippen LogP contribution < -0.4 is 16.4 Å². The molecule has 0 aliphatic carbocycles. The van der Waals surface area contributed by atoms with Crippen molar-refractivity contribution in [1.82, 2.24) is 4.98 Å². The van der Waals surface area contributed by atoms with E-state index in [1.165, 1.54) is 29.0 Å². The van der Waals surface area contributed by atoms with Crippen LogP contribution in [0.25, 0.3) is 0 Å². The maximum Gasteiger partial charge on any atom is 0.416 e. The molecule has 1 heterocycles. The second-order valence-corrected chi connectivity index (χ2v) is 7.22. The fourth-order valence-electron chi connectivity index (χ4n) is 2.66. The van der Waals surface area contributed by atoms with E-state index in [-0.39, 0.29) is 11.7 Å². The fourth-order valence-corrected chi connectivity index (χ4v) is 3.43. The second kappa shape index (κ2) is 9.06. The molecule has 0 radical (unpaired) electrons. The number of aromatic nitrogens is 1. The highest BCUT2D eigenvalue weighted by molar-refractivity contribution is 7.13. The van der Waals surface area contributed by atoms with E-state index in [1.807, 2.05) is 30.3 Å². The summed E-state index contributed by atoms with van der Waals surface area (Å²) >= 11 is 1.20. The Labute approximate surface area is 169 Å². The van der Waals surface area contributed by atoms with Gasteiger partial charge in [0.2, 0.25) is 0 Å². The van der Waals surface area contributed by atoms with Crippen LogP contribution in [-0.4, -0.2) is 11.0 Å². The van der Waals surface area contributed by atoms with Crippen molar-refractivity contribution in [2.45, 2.75) is 25.1 Å². The topological polar surface area (TPSA) is 80.0 Å². The molecule has 0 saturated carbocycles. The zero-order valence-electron chi connectivity index (χ0n) is 15.2. The highest BCUT2D eigenvalue weighted by Gasteiger charge is 2.30. The van der Waals surface area contributed by atoms with E-state index in [0.717, 1.165) is 18.6 Å². The van der Waals surface area contributed by atoms with Crippen molar-refractivity contribution < 1.29 is 18.0 Å². The summed E-state index contributed by atoms with van der Waals surface area (Å²) in [4.78, 5) is 16.4. The number of aryl methyl sites for hydroxylation is 1. The average Bonchev–Trinajstić information content (AvgIpc) is 3.15. The number of urea groups is 1. The van der Waals surface area contributed by atoms with Gasteiger partial charge in [-0.25, -0.2) is 9.78 Å². The molecule has 0 saturated heterocycles. The maximum atomic E-state index is 12.8. The standard InChI is InChI=1S/C20H19F3N4OS/c21-20(22,23)14-7-4-8-15(11-14)25-18(28)27-19-26-17(12-29-19)16(24)10-9-13-5-2-1-3-6-13/h1-8,11-12,16H,9-10,24H2,(H2,25,26,27,28). The summed E-state index contributed by atoms with van der Waals surface area (Å²) in [5.41, 5.74) is 7.21. The smallest absolute Gasteiger partial charge is 0.323 e. The summed E-state index contributed by atoms with van der Waals surface area (Å²) < 4.78 is 38.3. The number of amides is 2. The summed E-state index contributed by atoms with van der Waals surface area (Å²) in [6, 6.07) is 13.4. The number of benzene rings is 2. The summed E-state index contributed by atoms with van der Waals surface area (Å²) in [6.45, 7) is 0. The molecule has 0 bridgehead atoms. The fraction of sp³-hybridized carbons (Fsp3) is 0.200. The van der Waals surface area contributed by atoms with E-state index < -0.39 is 17.8 Å². The molecule has 29 heavy (non-hydrogen) atoms. The zero-order valence-corrected chi connectivity index (χ0v) is 16.1. The number of nitrogens with two attached hydrogens (primary N) is 1. The Hall–Kier alpha value is -2.91. The number of carbonyl (C=O) groups excluding carboxylic acids is 1. The lowest BCUT2D eigenvalue weighted by Gasteiger charge is -2.10. The highest BCUT2D eigenvalue weighted by Crippen LogP contribution is 2.30. The molecule has 0 aliphatic heterocycles. The molecule has 2 amide bonds. The van der Waals surface area contributed by atoms with E-state index in [2.05, 4.69) is 15.6 Å². The van der Waals surface area contributed by atoms with Crippen LogP contribution in [-0.2, 0) is 12.6 Å². The van der Waals surface area contributed by atoms with E-state index in [0.29, 0.717) is 17.2 Å². The van der Waals surface area contributed by atoms with Gasteiger partial charge in [0, 0.05) is 17.1 Å². The summed E-state index contributed by atoms with van der Waals surface area (Å²) in [6.07, 6.45) is -2.98. The van der Waals surface area contributed by atoms with Crippen LogP contribution in [0, 0.1) is 0 Å². The predicted molar refractivity (Wildman–Crippen MR) is 108 cm³/mol. The largest absolute Gasteiger partial charge is 0.416 e. The molecule has 2 aromatic carbocycles. The molecule has 3 aromatic rings. The van der Waals surface area contributed by atoms with Crippen LogP contribution in [0.2, 0.25) is 0 Å².